The number of pyridine rings is 1. The maximum atomic E-state index is 12.4. The summed E-state index contributed by atoms with van der Waals surface area (Å²) in [6.45, 7) is 7.13. The number of aryl methyl sites for hydroxylation is 1. The Morgan fingerprint density at radius 2 is 2.29 bits per heavy atom. The first-order valence-electron chi connectivity index (χ1n) is 7.73. The molecule has 1 amide bonds. The van der Waals surface area contributed by atoms with Crippen LogP contribution in [-0.4, -0.2) is 41.6 Å². The molecule has 1 aromatic heterocycles. The molecule has 0 bridgehead atoms. The van der Waals surface area contributed by atoms with Gasteiger partial charge in [-0.2, -0.15) is 0 Å². The minimum atomic E-state index is 0.0364. The normalized spacial score (nSPS) is 23.4. The van der Waals surface area contributed by atoms with Crippen molar-refractivity contribution >= 4 is 5.91 Å². The largest absolute Gasteiger partial charge is 0.378 e. The lowest BCUT2D eigenvalue weighted by Gasteiger charge is -2.54. The van der Waals surface area contributed by atoms with Gasteiger partial charge in [0, 0.05) is 43.9 Å². The lowest BCUT2D eigenvalue weighted by atomic mass is 9.63. The molecule has 0 aromatic carbocycles. The number of amides is 1. The van der Waals surface area contributed by atoms with Gasteiger partial charge in [-0.3, -0.25) is 9.78 Å². The van der Waals surface area contributed by atoms with Crippen molar-refractivity contribution in [3.63, 3.8) is 0 Å². The van der Waals surface area contributed by atoms with Gasteiger partial charge >= 0.3 is 0 Å². The summed E-state index contributed by atoms with van der Waals surface area (Å²) in [5.41, 5.74) is 1.15. The average molecular weight is 290 g/mol. The van der Waals surface area contributed by atoms with Crippen LogP contribution in [0.2, 0.25) is 0 Å². The van der Waals surface area contributed by atoms with Gasteiger partial charge in [-0.25, -0.2) is 0 Å². The summed E-state index contributed by atoms with van der Waals surface area (Å²) in [5, 5.41) is 0. The van der Waals surface area contributed by atoms with E-state index in [1.54, 1.807) is 6.20 Å². The highest BCUT2D eigenvalue weighted by atomic mass is 16.5. The molecule has 2 unspecified atom stereocenters. The number of ether oxygens (including phenoxy) is 1. The zero-order valence-electron chi connectivity index (χ0n) is 13.5. The number of aromatic nitrogens is 1. The molecule has 2 atom stereocenters. The zero-order chi connectivity index (χ0) is 15.5. The number of hydrogen-bond acceptors (Lipinski definition) is 3. The van der Waals surface area contributed by atoms with Crippen molar-refractivity contribution in [1.29, 1.82) is 0 Å². The van der Waals surface area contributed by atoms with Gasteiger partial charge in [0.15, 0.2) is 0 Å². The van der Waals surface area contributed by atoms with Crippen LogP contribution in [0, 0.1) is 5.41 Å². The van der Waals surface area contributed by atoms with Gasteiger partial charge in [0.05, 0.1) is 6.10 Å². The molecule has 0 saturated heterocycles. The monoisotopic (exact) mass is 290 g/mol. The summed E-state index contributed by atoms with van der Waals surface area (Å²) in [4.78, 5) is 18.4. The molecule has 0 radical (unpaired) electrons. The van der Waals surface area contributed by atoms with Crippen LogP contribution in [0.15, 0.2) is 24.5 Å². The van der Waals surface area contributed by atoms with Crippen molar-refractivity contribution in [2.75, 3.05) is 13.7 Å². The number of nitrogens with zero attached hydrogens (tertiary/aromatic N) is 2. The highest BCUT2D eigenvalue weighted by Crippen LogP contribution is 2.45. The fraction of sp³-hybridized carbons (Fsp3) is 0.647. The Bertz CT molecular complexity index is 473. The maximum Gasteiger partial charge on any atom is 0.222 e. The summed E-state index contributed by atoms with van der Waals surface area (Å²) in [6, 6.07) is 4.19. The van der Waals surface area contributed by atoms with Crippen LogP contribution in [0.5, 0.6) is 0 Å². The van der Waals surface area contributed by atoms with E-state index in [0.717, 1.165) is 25.0 Å². The van der Waals surface area contributed by atoms with Crippen LogP contribution in [0.3, 0.4) is 0 Å². The second kappa shape index (κ2) is 6.56. The van der Waals surface area contributed by atoms with Crippen molar-refractivity contribution in [3.8, 4) is 0 Å². The molecule has 21 heavy (non-hydrogen) atoms. The number of carbonyl (C=O) groups excluding carboxylic acids is 1. The molecule has 116 valence electrons. The smallest absolute Gasteiger partial charge is 0.222 e. The predicted molar refractivity (Wildman–Crippen MR) is 82.9 cm³/mol. The minimum absolute atomic E-state index is 0.0364. The molecule has 2 rings (SSSR count). The van der Waals surface area contributed by atoms with Crippen molar-refractivity contribution in [1.82, 2.24) is 9.88 Å². The third-order valence-corrected chi connectivity index (χ3v) is 4.71. The third-order valence-electron chi connectivity index (χ3n) is 4.71. The van der Waals surface area contributed by atoms with E-state index in [1.807, 2.05) is 37.2 Å². The molecule has 0 spiro atoms. The fourth-order valence-corrected chi connectivity index (χ4v) is 3.15. The van der Waals surface area contributed by atoms with Crippen molar-refractivity contribution in [2.24, 2.45) is 5.41 Å². The van der Waals surface area contributed by atoms with Crippen molar-refractivity contribution in [2.45, 2.75) is 52.2 Å². The second-order valence-electron chi connectivity index (χ2n) is 6.38. The highest BCUT2D eigenvalue weighted by molar-refractivity contribution is 5.76. The van der Waals surface area contributed by atoms with E-state index < -0.39 is 0 Å². The Morgan fingerprint density at radius 3 is 2.86 bits per heavy atom. The van der Waals surface area contributed by atoms with E-state index in [9.17, 15) is 4.79 Å². The third kappa shape index (κ3) is 3.43. The molecular formula is C17H26N2O2. The van der Waals surface area contributed by atoms with Crippen molar-refractivity contribution in [3.05, 3.63) is 30.1 Å². The fourth-order valence-electron chi connectivity index (χ4n) is 3.15. The molecule has 0 N–H and O–H groups in total. The van der Waals surface area contributed by atoms with Crippen LogP contribution in [-0.2, 0) is 16.0 Å². The average Bonchev–Trinajstić information content (AvgIpc) is 2.49. The molecule has 4 nitrogen and oxygen atoms in total. The van der Waals surface area contributed by atoms with E-state index >= 15 is 0 Å². The van der Waals surface area contributed by atoms with Crippen LogP contribution < -0.4 is 0 Å². The Morgan fingerprint density at radius 1 is 1.52 bits per heavy atom. The molecule has 1 aliphatic carbocycles. The predicted octanol–water partition coefficient (Wildman–Crippen LogP) is 2.68. The van der Waals surface area contributed by atoms with Crippen LogP contribution in [0.1, 0.15) is 39.2 Å². The second-order valence-corrected chi connectivity index (χ2v) is 6.38. The first-order valence-corrected chi connectivity index (χ1v) is 7.73. The molecular weight excluding hydrogens is 264 g/mol. The van der Waals surface area contributed by atoms with Gasteiger partial charge in [-0.05, 0) is 31.4 Å². The maximum absolute atomic E-state index is 12.4. The van der Waals surface area contributed by atoms with Gasteiger partial charge in [0.1, 0.15) is 0 Å². The summed E-state index contributed by atoms with van der Waals surface area (Å²) < 4.78 is 5.74. The van der Waals surface area contributed by atoms with E-state index in [2.05, 4.69) is 18.8 Å². The Hall–Kier alpha value is -1.42. The summed E-state index contributed by atoms with van der Waals surface area (Å²) >= 11 is 0. The lowest BCUT2D eigenvalue weighted by molar-refractivity contribution is -0.163. The van der Waals surface area contributed by atoms with E-state index in [4.69, 9.17) is 4.74 Å². The van der Waals surface area contributed by atoms with E-state index in [-0.39, 0.29) is 23.5 Å². The Balaban J connectivity index is 1.86. The number of hydrogen-bond donors (Lipinski definition) is 0. The summed E-state index contributed by atoms with van der Waals surface area (Å²) in [6.07, 6.45) is 6.07. The quantitative estimate of drug-likeness (QED) is 0.809. The molecule has 0 aliphatic heterocycles. The highest BCUT2D eigenvalue weighted by Gasteiger charge is 2.51. The standard InChI is InChI=1S/C17H26N2O2/c1-5-21-15-11-14(17(15,2)3)19(4)16(20)9-8-13-7-6-10-18-12-13/h6-7,10,12,14-15H,5,8-9,11H2,1-4H3. The molecule has 1 heterocycles. The van der Waals surface area contributed by atoms with Gasteiger partial charge in [0.25, 0.3) is 0 Å². The zero-order valence-corrected chi connectivity index (χ0v) is 13.5. The minimum Gasteiger partial charge on any atom is -0.378 e. The Labute approximate surface area is 127 Å². The van der Waals surface area contributed by atoms with Crippen LogP contribution in [0.4, 0.5) is 0 Å². The van der Waals surface area contributed by atoms with Gasteiger partial charge in [0.2, 0.25) is 5.91 Å². The topological polar surface area (TPSA) is 42.4 Å². The number of carbonyl (C=O) groups is 1. The van der Waals surface area contributed by atoms with Gasteiger partial charge in [-0.15, -0.1) is 0 Å². The van der Waals surface area contributed by atoms with Gasteiger partial charge < -0.3 is 9.64 Å². The van der Waals surface area contributed by atoms with Gasteiger partial charge in [-0.1, -0.05) is 19.9 Å². The molecule has 4 heteroatoms. The van der Waals surface area contributed by atoms with Crippen molar-refractivity contribution < 1.29 is 9.53 Å². The molecule has 1 fully saturated rings. The molecule has 1 saturated carbocycles. The first-order chi connectivity index (χ1) is 9.96. The van der Waals surface area contributed by atoms with Crippen LogP contribution >= 0.6 is 0 Å². The van der Waals surface area contributed by atoms with Crippen LogP contribution in [0.25, 0.3) is 0 Å². The van der Waals surface area contributed by atoms with E-state index in [1.165, 1.54) is 0 Å². The molecule has 1 aromatic rings. The summed E-state index contributed by atoms with van der Waals surface area (Å²) in [5.74, 6) is 0.201. The Kier molecular flexibility index (Phi) is 4.99. The van der Waals surface area contributed by atoms with E-state index in [0.29, 0.717) is 6.42 Å². The lowest BCUT2D eigenvalue weighted by Crippen LogP contribution is -2.62. The molecule has 1 aliphatic rings. The SMILES string of the molecule is CCOC1CC(N(C)C(=O)CCc2cccnc2)C1(C)C. The summed E-state index contributed by atoms with van der Waals surface area (Å²) in [7, 11) is 1.92. The number of rotatable bonds is 6. The first kappa shape index (κ1) is 16.0.